The number of thioether (sulfide) groups is 1. The maximum atomic E-state index is 12.9. The molecule has 7 nitrogen and oxygen atoms in total. The molecule has 0 N–H and O–H groups in total. The number of para-hydroxylation sites is 1. The van der Waals surface area contributed by atoms with E-state index in [1.807, 2.05) is 95.8 Å². The Balaban J connectivity index is 1.30. The number of benzene rings is 3. The van der Waals surface area contributed by atoms with Crippen molar-refractivity contribution in [1.29, 1.82) is 0 Å². The van der Waals surface area contributed by atoms with Crippen LogP contribution < -0.4 is 4.74 Å². The van der Waals surface area contributed by atoms with Gasteiger partial charge in [0.25, 0.3) is 5.91 Å². The van der Waals surface area contributed by atoms with Gasteiger partial charge in [-0.2, -0.15) is 10.1 Å². The minimum atomic E-state index is -0.236. The zero-order chi connectivity index (χ0) is 26.6. The van der Waals surface area contributed by atoms with Gasteiger partial charge in [-0.15, -0.1) is 0 Å². The normalized spacial score (nSPS) is 16.5. The number of ether oxygens (including phenoxy) is 2. The van der Waals surface area contributed by atoms with E-state index in [2.05, 4.69) is 9.89 Å². The Kier molecular flexibility index (Phi) is 7.49. The molecule has 4 aromatic rings. The molecule has 0 aliphatic carbocycles. The van der Waals surface area contributed by atoms with Crippen molar-refractivity contribution >= 4 is 40.5 Å². The quantitative estimate of drug-likeness (QED) is 0.268. The fourth-order valence-corrected chi connectivity index (χ4v) is 5.42. The van der Waals surface area contributed by atoms with Gasteiger partial charge in [-0.3, -0.25) is 4.79 Å². The molecule has 9 heteroatoms. The molecule has 0 unspecified atom stereocenters. The first-order valence-corrected chi connectivity index (χ1v) is 13.8. The van der Waals surface area contributed by atoms with Crippen molar-refractivity contribution in [2.75, 3.05) is 26.3 Å². The number of aromatic nitrogens is 2. The first kappa shape index (κ1) is 25.4. The lowest BCUT2D eigenvalue weighted by atomic mass is 10.1. The summed E-state index contributed by atoms with van der Waals surface area (Å²) in [4.78, 5) is 19.8. The van der Waals surface area contributed by atoms with Crippen LogP contribution in [-0.4, -0.2) is 52.1 Å². The molecule has 0 bridgehead atoms. The van der Waals surface area contributed by atoms with E-state index in [1.165, 1.54) is 11.8 Å². The smallest absolute Gasteiger partial charge is 0.286 e. The average Bonchev–Trinajstić information content (AvgIpc) is 3.57. The van der Waals surface area contributed by atoms with Gasteiger partial charge in [-0.1, -0.05) is 54.1 Å². The van der Waals surface area contributed by atoms with Gasteiger partial charge < -0.3 is 14.4 Å². The van der Waals surface area contributed by atoms with E-state index in [-0.39, 0.29) is 5.91 Å². The van der Waals surface area contributed by atoms with Gasteiger partial charge >= 0.3 is 0 Å². The fourth-order valence-electron chi connectivity index (χ4n) is 4.34. The fraction of sp³-hybridized carbons (Fsp3) is 0.167. The Labute approximate surface area is 235 Å². The second kappa shape index (κ2) is 11.5. The number of aliphatic imine (C=N–C) groups is 1. The number of carbonyl (C=O) groups is 1. The second-order valence-corrected chi connectivity index (χ2v) is 10.5. The van der Waals surface area contributed by atoms with E-state index in [4.69, 9.17) is 26.2 Å². The number of rotatable bonds is 6. The lowest BCUT2D eigenvalue weighted by molar-refractivity contribution is -0.113. The van der Waals surface area contributed by atoms with Gasteiger partial charge in [0.05, 0.1) is 23.8 Å². The predicted molar refractivity (Wildman–Crippen MR) is 155 cm³/mol. The molecule has 1 aromatic heterocycles. The van der Waals surface area contributed by atoms with Crippen LogP contribution in [0.15, 0.2) is 95.0 Å². The Morgan fingerprint density at radius 1 is 1.00 bits per heavy atom. The van der Waals surface area contributed by atoms with Crippen LogP contribution in [0.1, 0.15) is 11.1 Å². The van der Waals surface area contributed by atoms with E-state index < -0.39 is 0 Å². The second-order valence-electron chi connectivity index (χ2n) is 9.07. The maximum Gasteiger partial charge on any atom is 0.286 e. The van der Waals surface area contributed by atoms with Crippen LogP contribution in [0.5, 0.6) is 5.75 Å². The van der Waals surface area contributed by atoms with Gasteiger partial charge in [0, 0.05) is 35.4 Å². The highest BCUT2D eigenvalue weighted by Gasteiger charge is 2.28. The van der Waals surface area contributed by atoms with Crippen molar-refractivity contribution in [3.05, 3.63) is 106 Å². The Morgan fingerprint density at radius 2 is 1.79 bits per heavy atom. The summed E-state index contributed by atoms with van der Waals surface area (Å²) in [6.45, 7) is 3.15. The SMILES string of the molecule is O=C1N=C(N2CCOCC2)S/C1=C\c1cn(-c2ccccc2)nc1-c1cccc(OCc2ccc(Cl)cc2)c1. The number of amidine groups is 1. The summed E-state index contributed by atoms with van der Waals surface area (Å²) in [6.07, 6.45) is 3.83. The highest BCUT2D eigenvalue weighted by molar-refractivity contribution is 8.18. The van der Waals surface area contributed by atoms with Crippen LogP contribution in [0, 0.1) is 0 Å². The molecular formula is C30H25ClN4O3S. The number of halogens is 1. The standard InChI is InChI=1S/C30H25ClN4O3S/c31-24-11-9-21(10-12-24)20-38-26-8-4-5-22(17-26)28-23(19-35(33-28)25-6-2-1-3-7-25)18-27-29(36)32-30(39-27)34-13-15-37-16-14-34/h1-12,17-19H,13-16,20H2/b27-18-. The van der Waals surface area contributed by atoms with Crippen LogP contribution >= 0.6 is 23.4 Å². The van der Waals surface area contributed by atoms with Gasteiger partial charge in [0.15, 0.2) is 5.17 Å². The lowest BCUT2D eigenvalue weighted by Gasteiger charge is -2.27. The number of morpholine rings is 1. The largest absolute Gasteiger partial charge is 0.489 e. The summed E-state index contributed by atoms with van der Waals surface area (Å²) in [6, 6.07) is 25.3. The molecule has 3 heterocycles. The number of nitrogens with zero attached hydrogens (tertiary/aromatic N) is 4. The number of amides is 1. The van der Waals surface area contributed by atoms with Crippen LogP contribution in [-0.2, 0) is 16.1 Å². The molecule has 196 valence electrons. The van der Waals surface area contributed by atoms with Crippen LogP contribution in [0.25, 0.3) is 23.0 Å². The van der Waals surface area contributed by atoms with Crippen molar-refractivity contribution in [2.45, 2.75) is 6.61 Å². The number of carbonyl (C=O) groups excluding carboxylic acids is 1. The molecule has 6 rings (SSSR count). The minimum absolute atomic E-state index is 0.236. The Hall–Kier alpha value is -3.85. The average molecular weight is 557 g/mol. The summed E-state index contributed by atoms with van der Waals surface area (Å²) in [5, 5.41) is 6.33. The number of hydrogen-bond acceptors (Lipinski definition) is 6. The molecule has 39 heavy (non-hydrogen) atoms. The third-order valence-electron chi connectivity index (χ3n) is 6.37. The first-order chi connectivity index (χ1) is 19.1. The molecule has 0 atom stereocenters. The first-order valence-electron chi connectivity index (χ1n) is 12.6. The minimum Gasteiger partial charge on any atom is -0.489 e. The van der Waals surface area contributed by atoms with Gasteiger partial charge in [0.2, 0.25) is 0 Å². The Bertz CT molecular complexity index is 1540. The lowest BCUT2D eigenvalue weighted by Crippen LogP contribution is -2.38. The van der Waals surface area contributed by atoms with Gasteiger partial charge in [-0.25, -0.2) is 4.68 Å². The summed E-state index contributed by atoms with van der Waals surface area (Å²) < 4.78 is 13.3. The molecule has 3 aromatic carbocycles. The van der Waals surface area contributed by atoms with Crippen LogP contribution in [0.3, 0.4) is 0 Å². The van der Waals surface area contributed by atoms with Crippen LogP contribution in [0.2, 0.25) is 5.02 Å². The maximum absolute atomic E-state index is 12.9. The zero-order valence-electron chi connectivity index (χ0n) is 21.0. The van der Waals surface area contributed by atoms with Crippen molar-refractivity contribution < 1.29 is 14.3 Å². The van der Waals surface area contributed by atoms with Crippen molar-refractivity contribution in [3.63, 3.8) is 0 Å². The molecule has 1 fully saturated rings. The molecule has 2 aliphatic rings. The summed E-state index contributed by atoms with van der Waals surface area (Å²) in [7, 11) is 0. The van der Waals surface area contributed by atoms with E-state index in [9.17, 15) is 4.79 Å². The Morgan fingerprint density at radius 3 is 2.59 bits per heavy atom. The molecular weight excluding hydrogens is 532 g/mol. The molecule has 2 aliphatic heterocycles. The molecule has 0 saturated carbocycles. The highest BCUT2D eigenvalue weighted by Crippen LogP contribution is 2.34. The zero-order valence-corrected chi connectivity index (χ0v) is 22.6. The highest BCUT2D eigenvalue weighted by atomic mass is 35.5. The topological polar surface area (TPSA) is 69.0 Å². The predicted octanol–water partition coefficient (Wildman–Crippen LogP) is 6.07. The third kappa shape index (κ3) is 5.93. The summed E-state index contributed by atoms with van der Waals surface area (Å²) in [5.74, 6) is 0.486. The van der Waals surface area contributed by atoms with E-state index >= 15 is 0 Å². The summed E-state index contributed by atoms with van der Waals surface area (Å²) >= 11 is 7.40. The third-order valence-corrected chi connectivity index (χ3v) is 7.66. The molecule has 0 spiro atoms. The van der Waals surface area contributed by atoms with Gasteiger partial charge in [0.1, 0.15) is 18.1 Å². The molecule has 1 amide bonds. The van der Waals surface area contributed by atoms with E-state index in [0.29, 0.717) is 29.7 Å². The van der Waals surface area contributed by atoms with Crippen molar-refractivity contribution in [2.24, 2.45) is 4.99 Å². The monoisotopic (exact) mass is 556 g/mol. The van der Waals surface area contributed by atoms with Gasteiger partial charge in [-0.05, 0) is 59.8 Å². The van der Waals surface area contributed by atoms with E-state index in [0.717, 1.165) is 52.1 Å². The van der Waals surface area contributed by atoms with Crippen molar-refractivity contribution in [1.82, 2.24) is 14.7 Å². The number of hydrogen-bond donors (Lipinski definition) is 0. The van der Waals surface area contributed by atoms with Crippen LogP contribution in [0.4, 0.5) is 0 Å². The summed E-state index contributed by atoms with van der Waals surface area (Å²) in [5.41, 5.74) is 4.40. The molecule has 1 saturated heterocycles. The molecule has 0 radical (unpaired) electrons. The van der Waals surface area contributed by atoms with E-state index in [1.54, 1.807) is 0 Å². The van der Waals surface area contributed by atoms with Crippen molar-refractivity contribution in [3.8, 4) is 22.7 Å².